The van der Waals surface area contributed by atoms with E-state index in [0.29, 0.717) is 0 Å². The molecule has 1 aromatic rings. The van der Waals surface area contributed by atoms with Gasteiger partial charge in [0.25, 0.3) is 0 Å². The SMILES string of the molecule is CC(=O)O[C@H]1[C@@H]2[C@@H](OC(C)=O)[C@]3(OC2(C)C)[C@H](C)C[C@H](OC(C)=O)[C@H](OC(C)=O)[C@@]3(C)[C@H]1OC(=O)c1ccccc1. The van der Waals surface area contributed by atoms with Crippen molar-refractivity contribution in [3.05, 3.63) is 35.9 Å². The zero-order valence-electron chi connectivity index (χ0n) is 24.6. The Kier molecular flexibility index (Phi) is 7.99. The van der Waals surface area contributed by atoms with Crippen molar-refractivity contribution in [2.45, 2.75) is 104 Å². The van der Waals surface area contributed by atoms with Gasteiger partial charge >= 0.3 is 29.8 Å². The maximum Gasteiger partial charge on any atom is 0.338 e. The average molecular weight is 575 g/mol. The van der Waals surface area contributed by atoms with Crippen LogP contribution in [0.15, 0.2) is 30.3 Å². The molecule has 2 saturated carbocycles. The highest BCUT2D eigenvalue weighted by Crippen LogP contribution is 2.68. The predicted molar refractivity (Wildman–Crippen MR) is 141 cm³/mol. The van der Waals surface area contributed by atoms with E-state index < -0.39 is 88.8 Å². The van der Waals surface area contributed by atoms with Gasteiger partial charge in [-0.1, -0.05) is 25.1 Å². The molecule has 224 valence electrons. The molecule has 3 fully saturated rings. The summed E-state index contributed by atoms with van der Waals surface area (Å²) in [6.07, 6.45) is -5.49. The number of ether oxygens (including phenoxy) is 6. The lowest BCUT2D eigenvalue weighted by Crippen LogP contribution is -2.79. The summed E-state index contributed by atoms with van der Waals surface area (Å²) >= 11 is 0. The highest BCUT2D eigenvalue weighted by atomic mass is 16.6. The molecule has 2 bridgehead atoms. The van der Waals surface area contributed by atoms with Gasteiger partial charge in [-0.25, -0.2) is 4.79 Å². The van der Waals surface area contributed by atoms with Gasteiger partial charge in [-0.2, -0.15) is 0 Å². The maximum absolute atomic E-state index is 13.6. The third-order valence-corrected chi connectivity index (χ3v) is 8.76. The Labute approximate surface area is 239 Å². The fourth-order valence-electron chi connectivity index (χ4n) is 7.57. The molecule has 9 atom stereocenters. The van der Waals surface area contributed by atoms with Crippen LogP contribution in [-0.4, -0.2) is 71.6 Å². The summed E-state index contributed by atoms with van der Waals surface area (Å²) in [6.45, 7) is 12.0. The molecule has 0 N–H and O–H groups in total. The van der Waals surface area contributed by atoms with Crippen molar-refractivity contribution in [3.63, 3.8) is 0 Å². The van der Waals surface area contributed by atoms with Crippen LogP contribution in [0.4, 0.5) is 0 Å². The standard InChI is InChI=1S/C30H38O11/c1-15-14-21(36-16(2)31)24(38-18(4)33)29(8)26(40-27(35)20-12-10-9-11-13-20)23(37-17(3)32)22-25(39-19(5)34)30(15,29)41-28(22,6)7/h9-13,15,21-26H,14H2,1-8H3/t15-,21+,22-,23+,24+,25-,26+,29+,30-/m1/s1. The Balaban J connectivity index is 2.02. The monoisotopic (exact) mass is 574 g/mol. The van der Waals surface area contributed by atoms with Crippen LogP contribution in [0.1, 0.15) is 72.2 Å². The summed E-state index contributed by atoms with van der Waals surface area (Å²) < 4.78 is 36.6. The minimum absolute atomic E-state index is 0.186. The van der Waals surface area contributed by atoms with Gasteiger partial charge < -0.3 is 28.4 Å². The lowest BCUT2D eigenvalue weighted by molar-refractivity contribution is -0.315. The first-order chi connectivity index (χ1) is 19.1. The summed E-state index contributed by atoms with van der Waals surface area (Å²) in [5.74, 6) is -4.51. The lowest BCUT2D eigenvalue weighted by Gasteiger charge is -2.63. The number of hydrogen-bond acceptors (Lipinski definition) is 11. The van der Waals surface area contributed by atoms with Crippen molar-refractivity contribution in [3.8, 4) is 0 Å². The second-order valence-corrected chi connectivity index (χ2v) is 11.9. The third-order valence-electron chi connectivity index (χ3n) is 8.76. The van der Waals surface area contributed by atoms with E-state index in [4.69, 9.17) is 28.4 Å². The topological polar surface area (TPSA) is 141 Å². The zero-order valence-corrected chi connectivity index (χ0v) is 24.6. The van der Waals surface area contributed by atoms with Crippen LogP contribution in [0.2, 0.25) is 0 Å². The highest BCUT2D eigenvalue weighted by molar-refractivity contribution is 5.89. The Hall–Kier alpha value is -3.47. The van der Waals surface area contributed by atoms with E-state index in [1.165, 1.54) is 27.7 Å². The van der Waals surface area contributed by atoms with Gasteiger partial charge in [-0.05, 0) is 45.2 Å². The van der Waals surface area contributed by atoms with Crippen LogP contribution < -0.4 is 0 Å². The van der Waals surface area contributed by atoms with Crippen LogP contribution in [-0.2, 0) is 47.6 Å². The van der Waals surface area contributed by atoms with Crippen molar-refractivity contribution in [2.75, 3.05) is 0 Å². The zero-order chi connectivity index (χ0) is 30.5. The van der Waals surface area contributed by atoms with Crippen molar-refractivity contribution in [2.24, 2.45) is 17.3 Å². The van der Waals surface area contributed by atoms with Gasteiger partial charge in [0.2, 0.25) is 0 Å². The van der Waals surface area contributed by atoms with E-state index in [2.05, 4.69) is 0 Å². The van der Waals surface area contributed by atoms with Crippen LogP contribution >= 0.6 is 0 Å². The van der Waals surface area contributed by atoms with Gasteiger partial charge in [0.15, 0.2) is 12.2 Å². The van der Waals surface area contributed by atoms with Gasteiger partial charge in [0.05, 0.1) is 22.5 Å². The fraction of sp³-hybridized carbons (Fsp3) is 0.633. The Morgan fingerprint density at radius 1 is 0.732 bits per heavy atom. The Morgan fingerprint density at radius 2 is 1.27 bits per heavy atom. The van der Waals surface area contributed by atoms with Gasteiger partial charge in [0, 0.05) is 27.7 Å². The normalized spacial score (nSPS) is 36.7. The first-order valence-electron chi connectivity index (χ1n) is 13.7. The summed E-state index contributed by atoms with van der Waals surface area (Å²) in [5.41, 5.74) is -3.79. The van der Waals surface area contributed by atoms with E-state index in [0.717, 1.165) is 0 Å². The van der Waals surface area contributed by atoms with Crippen LogP contribution in [0.3, 0.4) is 0 Å². The number of hydrogen-bond donors (Lipinski definition) is 0. The molecule has 41 heavy (non-hydrogen) atoms. The molecule has 11 heteroatoms. The third kappa shape index (κ3) is 4.98. The van der Waals surface area contributed by atoms with E-state index in [9.17, 15) is 24.0 Å². The molecule has 1 aliphatic heterocycles. The number of esters is 5. The van der Waals surface area contributed by atoms with Crippen LogP contribution in [0.25, 0.3) is 0 Å². The molecule has 1 aromatic carbocycles. The van der Waals surface area contributed by atoms with Gasteiger partial charge in [-0.15, -0.1) is 0 Å². The second kappa shape index (κ2) is 10.7. The quantitative estimate of drug-likeness (QED) is 0.365. The van der Waals surface area contributed by atoms with Gasteiger partial charge in [0.1, 0.15) is 23.9 Å². The van der Waals surface area contributed by atoms with Crippen molar-refractivity contribution in [1.82, 2.24) is 0 Å². The molecule has 4 rings (SSSR count). The molecule has 1 spiro atoms. The number of rotatable bonds is 6. The van der Waals surface area contributed by atoms with Gasteiger partial charge in [-0.3, -0.25) is 19.2 Å². The fourth-order valence-corrected chi connectivity index (χ4v) is 7.57. The van der Waals surface area contributed by atoms with Crippen molar-refractivity contribution >= 4 is 29.8 Å². The molecule has 11 nitrogen and oxygen atoms in total. The van der Waals surface area contributed by atoms with E-state index >= 15 is 0 Å². The number of benzene rings is 1. The number of fused-ring (bicyclic) bond motifs is 1. The summed E-state index contributed by atoms with van der Waals surface area (Å²) in [4.78, 5) is 63.5. The molecular weight excluding hydrogens is 536 g/mol. The van der Waals surface area contributed by atoms with Crippen LogP contribution in [0.5, 0.6) is 0 Å². The molecule has 3 aliphatic rings. The summed E-state index contributed by atoms with van der Waals surface area (Å²) in [6, 6.07) is 8.26. The molecule has 2 aliphatic carbocycles. The van der Waals surface area contributed by atoms with E-state index in [1.807, 2.05) is 6.92 Å². The summed E-state index contributed by atoms with van der Waals surface area (Å²) in [5, 5.41) is 0. The van der Waals surface area contributed by atoms with Crippen LogP contribution in [0, 0.1) is 17.3 Å². The lowest BCUT2D eigenvalue weighted by atomic mass is 9.47. The first kappa shape index (κ1) is 30.5. The average Bonchev–Trinajstić information content (AvgIpc) is 3.05. The minimum Gasteiger partial charge on any atom is -0.459 e. The predicted octanol–water partition coefficient (Wildman–Crippen LogP) is 3.16. The molecular formula is C30H38O11. The largest absolute Gasteiger partial charge is 0.459 e. The molecule has 1 heterocycles. The van der Waals surface area contributed by atoms with E-state index in [-0.39, 0.29) is 12.0 Å². The molecule has 1 saturated heterocycles. The second-order valence-electron chi connectivity index (χ2n) is 11.9. The van der Waals surface area contributed by atoms with Crippen molar-refractivity contribution < 1.29 is 52.4 Å². The maximum atomic E-state index is 13.6. The number of carbonyl (C=O) groups excluding carboxylic acids is 5. The Bertz CT molecular complexity index is 1230. The number of carbonyl (C=O) groups is 5. The smallest absolute Gasteiger partial charge is 0.338 e. The van der Waals surface area contributed by atoms with E-state index in [1.54, 1.807) is 51.1 Å². The molecule has 0 aromatic heterocycles. The minimum atomic E-state index is -1.55. The molecule has 0 radical (unpaired) electrons. The molecule has 0 amide bonds. The summed E-state index contributed by atoms with van der Waals surface area (Å²) in [7, 11) is 0. The first-order valence-corrected chi connectivity index (χ1v) is 13.7. The van der Waals surface area contributed by atoms with Crippen molar-refractivity contribution in [1.29, 1.82) is 0 Å². The Morgan fingerprint density at radius 3 is 1.80 bits per heavy atom. The molecule has 0 unspecified atom stereocenters. The highest BCUT2D eigenvalue weighted by Gasteiger charge is 2.83.